The van der Waals surface area contributed by atoms with E-state index in [1.165, 1.54) is 6.07 Å². The predicted molar refractivity (Wildman–Crippen MR) is 104 cm³/mol. The molecule has 1 saturated heterocycles. The van der Waals surface area contributed by atoms with E-state index in [2.05, 4.69) is 20.6 Å². The molecule has 2 atom stereocenters. The van der Waals surface area contributed by atoms with Crippen LogP contribution in [0.15, 0.2) is 36.4 Å². The summed E-state index contributed by atoms with van der Waals surface area (Å²) in [5.74, 6) is -0.368. The van der Waals surface area contributed by atoms with Crippen LogP contribution in [0, 0.1) is 0 Å². The van der Waals surface area contributed by atoms with Crippen molar-refractivity contribution in [2.45, 2.75) is 12.3 Å². The van der Waals surface area contributed by atoms with Gasteiger partial charge in [-0.3, -0.25) is 0 Å². The van der Waals surface area contributed by atoms with Crippen molar-refractivity contribution < 1.29 is 14.6 Å². The Morgan fingerprint density at radius 3 is 2.81 bits per heavy atom. The zero-order valence-corrected chi connectivity index (χ0v) is 15.5. The summed E-state index contributed by atoms with van der Waals surface area (Å²) in [5, 5.41) is 16.8. The van der Waals surface area contributed by atoms with Crippen molar-refractivity contribution >= 4 is 45.9 Å². The van der Waals surface area contributed by atoms with Crippen LogP contribution in [0.2, 0.25) is 10.0 Å². The van der Waals surface area contributed by atoms with Gasteiger partial charge < -0.3 is 25.5 Å². The van der Waals surface area contributed by atoms with Crippen molar-refractivity contribution in [1.82, 2.24) is 15.3 Å². The fourth-order valence-corrected chi connectivity index (χ4v) is 3.38. The summed E-state index contributed by atoms with van der Waals surface area (Å²) < 4.78 is 5.87. The highest BCUT2D eigenvalue weighted by Crippen LogP contribution is 2.30. The Hall–Kier alpha value is -2.32. The van der Waals surface area contributed by atoms with Gasteiger partial charge in [-0.2, -0.15) is 0 Å². The average Bonchev–Trinajstić information content (AvgIpc) is 3.10. The molecule has 0 spiro atoms. The van der Waals surface area contributed by atoms with Gasteiger partial charge in [-0.25, -0.2) is 9.78 Å². The summed E-state index contributed by atoms with van der Waals surface area (Å²) in [7, 11) is 0. The molecule has 140 valence electrons. The van der Waals surface area contributed by atoms with Gasteiger partial charge in [-0.1, -0.05) is 35.3 Å². The minimum absolute atomic E-state index is 0.168. The number of aromatic amines is 1. The number of rotatable bonds is 4. The number of halogens is 2. The Morgan fingerprint density at radius 2 is 2.07 bits per heavy atom. The van der Waals surface area contributed by atoms with Crippen molar-refractivity contribution in [2.24, 2.45) is 0 Å². The van der Waals surface area contributed by atoms with Crippen LogP contribution in [0.1, 0.15) is 22.2 Å². The molecule has 0 amide bonds. The number of nitrogens with zero attached hydrogens (tertiary/aromatic N) is 1. The molecule has 0 aliphatic carbocycles. The number of aromatic nitrogens is 2. The minimum Gasteiger partial charge on any atom is -0.478 e. The maximum absolute atomic E-state index is 11.3. The number of H-pyrrole nitrogens is 1. The Bertz CT molecular complexity index is 999. The van der Waals surface area contributed by atoms with Crippen molar-refractivity contribution in [2.75, 3.05) is 18.5 Å². The van der Waals surface area contributed by atoms with E-state index in [1.807, 2.05) is 12.1 Å². The molecule has 0 radical (unpaired) electrons. The van der Waals surface area contributed by atoms with Crippen LogP contribution in [0.4, 0.5) is 5.69 Å². The van der Waals surface area contributed by atoms with Crippen molar-refractivity contribution in [3.63, 3.8) is 0 Å². The predicted octanol–water partition coefficient (Wildman–Crippen LogP) is 3.67. The number of carbonyl (C=O) groups is 1. The van der Waals surface area contributed by atoms with Gasteiger partial charge in [-0.05, 0) is 24.3 Å². The lowest BCUT2D eigenvalue weighted by atomic mass is 10.2. The van der Waals surface area contributed by atoms with Gasteiger partial charge in [0.05, 0.1) is 39.5 Å². The highest BCUT2D eigenvalue weighted by atomic mass is 35.5. The topological polar surface area (TPSA) is 99.3 Å². The monoisotopic (exact) mass is 406 g/mol. The van der Waals surface area contributed by atoms with E-state index in [1.54, 1.807) is 18.2 Å². The smallest absolute Gasteiger partial charge is 0.337 e. The number of imidazole rings is 1. The van der Waals surface area contributed by atoms with Gasteiger partial charge in [0.2, 0.25) is 0 Å². The van der Waals surface area contributed by atoms with E-state index >= 15 is 0 Å². The lowest BCUT2D eigenvalue weighted by Gasteiger charge is -2.30. The summed E-state index contributed by atoms with van der Waals surface area (Å²) in [6, 6.07) is 10.2. The number of ether oxygens (including phenoxy) is 1. The number of hydrogen-bond donors (Lipinski definition) is 4. The molecule has 9 heteroatoms. The number of fused-ring (bicyclic) bond motifs is 1. The molecule has 3 aromatic rings. The molecule has 1 aromatic heterocycles. The number of nitrogens with one attached hydrogen (secondary N) is 3. The SMILES string of the molecule is O=C(O)c1cccc2[nH]c(C3COC(Nc4cccc(Cl)c4Cl)CN3)nc12. The molecule has 2 unspecified atom stereocenters. The Balaban J connectivity index is 1.46. The zero-order valence-electron chi connectivity index (χ0n) is 14.0. The van der Waals surface area contributed by atoms with E-state index in [4.69, 9.17) is 27.9 Å². The number of carboxylic acid groups (broad SMARTS) is 1. The second-order valence-corrected chi connectivity index (χ2v) is 6.94. The maximum Gasteiger partial charge on any atom is 0.337 e. The molecule has 0 saturated carbocycles. The van der Waals surface area contributed by atoms with Crippen LogP contribution in [0.3, 0.4) is 0 Å². The van der Waals surface area contributed by atoms with E-state index in [-0.39, 0.29) is 17.8 Å². The lowest BCUT2D eigenvalue weighted by molar-refractivity contribution is 0.0185. The van der Waals surface area contributed by atoms with E-state index in [0.717, 1.165) is 0 Å². The summed E-state index contributed by atoms with van der Waals surface area (Å²) in [6.07, 6.45) is -0.281. The van der Waals surface area contributed by atoms with Gasteiger partial charge in [-0.15, -0.1) is 0 Å². The maximum atomic E-state index is 11.3. The zero-order chi connectivity index (χ0) is 19.0. The van der Waals surface area contributed by atoms with E-state index < -0.39 is 5.97 Å². The first-order valence-electron chi connectivity index (χ1n) is 8.30. The van der Waals surface area contributed by atoms with Crippen molar-refractivity contribution in [3.8, 4) is 0 Å². The first-order valence-corrected chi connectivity index (χ1v) is 9.06. The number of benzene rings is 2. The molecule has 2 heterocycles. The molecule has 1 aliphatic rings. The van der Waals surface area contributed by atoms with Crippen LogP contribution in [0.5, 0.6) is 0 Å². The summed E-state index contributed by atoms with van der Waals surface area (Å²) in [6.45, 7) is 0.869. The molecule has 4 N–H and O–H groups in total. The normalized spacial score (nSPS) is 19.9. The number of morpholine rings is 1. The standard InChI is InChI=1S/C18H16Cl2N4O3/c19-10-4-2-5-11(15(10)20)22-14-7-21-13(8-27-14)17-23-12-6-1-3-9(18(25)26)16(12)24-17/h1-6,13-14,21-22H,7-8H2,(H,23,24)(H,25,26). The lowest BCUT2D eigenvalue weighted by Crippen LogP contribution is -2.45. The van der Waals surface area contributed by atoms with Gasteiger partial charge in [0.15, 0.2) is 0 Å². The third kappa shape index (κ3) is 3.59. The highest BCUT2D eigenvalue weighted by Gasteiger charge is 2.26. The molecular weight excluding hydrogens is 391 g/mol. The number of anilines is 1. The second kappa shape index (κ2) is 7.36. The quantitative estimate of drug-likeness (QED) is 0.527. The molecule has 0 bridgehead atoms. The van der Waals surface area contributed by atoms with Gasteiger partial charge in [0, 0.05) is 6.54 Å². The van der Waals surface area contributed by atoms with Crippen molar-refractivity contribution in [3.05, 3.63) is 57.8 Å². The Labute approximate surface area is 164 Å². The molecule has 27 heavy (non-hydrogen) atoms. The number of aromatic carboxylic acids is 1. The first kappa shape index (κ1) is 18.1. The van der Waals surface area contributed by atoms with Crippen LogP contribution < -0.4 is 10.6 Å². The number of carboxylic acids is 1. The molecular formula is C18H16Cl2N4O3. The third-order valence-corrected chi connectivity index (χ3v) is 5.19. The molecule has 4 rings (SSSR count). The number of hydrogen-bond acceptors (Lipinski definition) is 5. The van der Waals surface area contributed by atoms with Gasteiger partial charge in [0.1, 0.15) is 17.6 Å². The highest BCUT2D eigenvalue weighted by molar-refractivity contribution is 6.43. The second-order valence-electron chi connectivity index (χ2n) is 6.16. The minimum atomic E-state index is -1.01. The first-order chi connectivity index (χ1) is 13.0. The fraction of sp³-hybridized carbons (Fsp3) is 0.222. The average molecular weight is 407 g/mol. The van der Waals surface area contributed by atoms with Crippen molar-refractivity contribution in [1.29, 1.82) is 0 Å². The van der Waals surface area contributed by atoms with Crippen LogP contribution in [-0.2, 0) is 4.74 Å². The third-order valence-electron chi connectivity index (χ3n) is 4.37. The summed E-state index contributed by atoms with van der Waals surface area (Å²) >= 11 is 12.2. The number of para-hydroxylation sites is 1. The molecule has 2 aromatic carbocycles. The van der Waals surface area contributed by atoms with E-state index in [9.17, 15) is 9.90 Å². The summed E-state index contributed by atoms with van der Waals surface area (Å²) in [4.78, 5) is 19.0. The van der Waals surface area contributed by atoms with Crippen LogP contribution in [-0.4, -0.2) is 40.4 Å². The van der Waals surface area contributed by atoms with Gasteiger partial charge in [0.25, 0.3) is 0 Å². The van der Waals surface area contributed by atoms with Crippen LogP contribution in [0.25, 0.3) is 11.0 Å². The largest absolute Gasteiger partial charge is 0.478 e. The Kier molecular flexibility index (Phi) is 4.92. The fourth-order valence-electron chi connectivity index (χ4n) is 3.03. The van der Waals surface area contributed by atoms with Crippen LogP contribution >= 0.6 is 23.2 Å². The van der Waals surface area contributed by atoms with E-state index in [0.29, 0.717) is 45.7 Å². The molecule has 1 aliphatic heterocycles. The molecule has 1 fully saturated rings. The Morgan fingerprint density at radius 1 is 1.26 bits per heavy atom. The van der Waals surface area contributed by atoms with Gasteiger partial charge >= 0.3 is 5.97 Å². The summed E-state index contributed by atoms with van der Waals surface area (Å²) in [5.41, 5.74) is 1.98. The molecule has 7 nitrogen and oxygen atoms in total.